The Labute approximate surface area is 103 Å². The van der Waals surface area contributed by atoms with Crippen molar-refractivity contribution in [1.82, 2.24) is 4.98 Å². The molecular formula is C10H12BrNO3S. The first-order valence-electron chi connectivity index (χ1n) is 4.62. The van der Waals surface area contributed by atoms with E-state index < -0.39 is 15.1 Å². The molecule has 0 spiro atoms. The van der Waals surface area contributed by atoms with Gasteiger partial charge in [0.15, 0.2) is 15.6 Å². The molecule has 1 aromatic heterocycles. The molecule has 1 atom stereocenters. The van der Waals surface area contributed by atoms with Crippen molar-refractivity contribution in [1.29, 1.82) is 0 Å². The van der Waals surface area contributed by atoms with E-state index in [0.717, 1.165) is 10.7 Å². The average Bonchev–Trinajstić information content (AvgIpc) is 2.19. The quantitative estimate of drug-likeness (QED) is 0.843. The van der Waals surface area contributed by atoms with Gasteiger partial charge in [-0.25, -0.2) is 8.42 Å². The number of nitrogens with zero attached hydrogens (tertiary/aromatic N) is 1. The van der Waals surface area contributed by atoms with Gasteiger partial charge in [0.05, 0.1) is 6.42 Å². The van der Waals surface area contributed by atoms with Crippen LogP contribution in [-0.2, 0) is 21.1 Å². The van der Waals surface area contributed by atoms with E-state index in [1.165, 1.54) is 6.92 Å². The van der Waals surface area contributed by atoms with Crippen molar-refractivity contribution in [2.45, 2.75) is 18.6 Å². The Morgan fingerprint density at radius 2 is 2.12 bits per heavy atom. The SMILES string of the molecule is CC(C(=O)Cc1ccc(Br)cn1)S(C)(=O)=O. The lowest BCUT2D eigenvalue weighted by Crippen LogP contribution is -2.27. The number of sulfone groups is 1. The second-order valence-electron chi connectivity index (χ2n) is 3.58. The molecule has 1 aromatic rings. The van der Waals surface area contributed by atoms with Gasteiger partial charge in [-0.1, -0.05) is 0 Å². The van der Waals surface area contributed by atoms with Gasteiger partial charge < -0.3 is 0 Å². The van der Waals surface area contributed by atoms with E-state index in [2.05, 4.69) is 20.9 Å². The Hall–Kier alpha value is -0.750. The first-order valence-corrected chi connectivity index (χ1v) is 7.37. The molecule has 0 saturated heterocycles. The summed E-state index contributed by atoms with van der Waals surface area (Å²) in [6.45, 7) is 1.40. The standard InChI is InChI=1S/C10H12BrNO3S/c1-7(16(2,14)15)10(13)5-9-4-3-8(11)6-12-9/h3-4,6-7H,5H2,1-2H3. The lowest BCUT2D eigenvalue weighted by atomic mass is 10.1. The molecule has 0 aliphatic heterocycles. The molecule has 6 heteroatoms. The van der Waals surface area contributed by atoms with Crippen LogP contribution in [0.15, 0.2) is 22.8 Å². The number of hydrogen-bond acceptors (Lipinski definition) is 4. The zero-order valence-corrected chi connectivity index (χ0v) is 11.4. The van der Waals surface area contributed by atoms with Gasteiger partial charge in [-0.15, -0.1) is 0 Å². The third-order valence-electron chi connectivity index (χ3n) is 2.24. The zero-order chi connectivity index (χ0) is 12.3. The Kier molecular flexibility index (Phi) is 4.21. The summed E-state index contributed by atoms with van der Waals surface area (Å²) in [5.41, 5.74) is 0.573. The molecule has 0 saturated carbocycles. The monoisotopic (exact) mass is 305 g/mol. The minimum absolute atomic E-state index is 0.0432. The summed E-state index contributed by atoms with van der Waals surface area (Å²) in [6, 6.07) is 3.46. The predicted octanol–water partition coefficient (Wildman–Crippen LogP) is 1.39. The third-order valence-corrected chi connectivity index (χ3v) is 4.26. The van der Waals surface area contributed by atoms with E-state index in [1.54, 1.807) is 18.3 Å². The molecule has 0 fully saturated rings. The largest absolute Gasteiger partial charge is 0.298 e. The van der Waals surface area contributed by atoms with Crippen LogP contribution in [0.3, 0.4) is 0 Å². The number of halogens is 1. The summed E-state index contributed by atoms with van der Waals surface area (Å²) in [4.78, 5) is 15.6. The molecule has 1 heterocycles. The third kappa shape index (κ3) is 3.68. The number of pyridine rings is 1. The lowest BCUT2D eigenvalue weighted by Gasteiger charge is -2.07. The highest BCUT2D eigenvalue weighted by atomic mass is 79.9. The van der Waals surface area contributed by atoms with E-state index in [0.29, 0.717) is 5.69 Å². The predicted molar refractivity (Wildman–Crippen MR) is 65.0 cm³/mol. The molecule has 1 rings (SSSR count). The van der Waals surface area contributed by atoms with Gasteiger partial charge in [-0.3, -0.25) is 9.78 Å². The number of hydrogen-bond donors (Lipinski definition) is 0. The van der Waals surface area contributed by atoms with Crippen LogP contribution in [0.25, 0.3) is 0 Å². The van der Waals surface area contributed by atoms with Crippen LogP contribution in [-0.4, -0.2) is 30.7 Å². The normalized spacial score (nSPS) is 13.4. The molecule has 16 heavy (non-hydrogen) atoms. The summed E-state index contributed by atoms with van der Waals surface area (Å²) in [7, 11) is -3.32. The van der Waals surface area contributed by atoms with Crippen LogP contribution in [0.2, 0.25) is 0 Å². The van der Waals surface area contributed by atoms with E-state index in [1.807, 2.05) is 0 Å². The number of carbonyl (C=O) groups is 1. The van der Waals surface area contributed by atoms with Crippen molar-refractivity contribution in [2.24, 2.45) is 0 Å². The van der Waals surface area contributed by atoms with Gasteiger partial charge in [-0.2, -0.15) is 0 Å². The Bertz CT molecular complexity index is 481. The van der Waals surface area contributed by atoms with Gasteiger partial charge in [0.25, 0.3) is 0 Å². The number of rotatable bonds is 4. The van der Waals surface area contributed by atoms with E-state index in [-0.39, 0.29) is 12.2 Å². The Balaban J connectivity index is 2.76. The van der Waals surface area contributed by atoms with E-state index in [4.69, 9.17) is 0 Å². The summed E-state index contributed by atoms with van der Waals surface area (Å²) >= 11 is 3.23. The minimum atomic E-state index is -3.32. The first-order chi connectivity index (χ1) is 7.30. The Morgan fingerprint density at radius 1 is 1.50 bits per heavy atom. The first kappa shape index (κ1) is 13.3. The van der Waals surface area contributed by atoms with Crippen LogP contribution < -0.4 is 0 Å². The van der Waals surface area contributed by atoms with Gasteiger partial charge in [0, 0.05) is 22.6 Å². The molecule has 0 bridgehead atoms. The van der Waals surface area contributed by atoms with Crippen LogP contribution in [0.5, 0.6) is 0 Å². The maximum atomic E-state index is 11.6. The molecule has 0 aliphatic carbocycles. The number of carbonyl (C=O) groups excluding carboxylic acids is 1. The molecular weight excluding hydrogens is 294 g/mol. The molecule has 4 nitrogen and oxygen atoms in total. The highest BCUT2D eigenvalue weighted by Gasteiger charge is 2.23. The Morgan fingerprint density at radius 3 is 2.56 bits per heavy atom. The second-order valence-corrected chi connectivity index (χ2v) is 6.86. The highest BCUT2D eigenvalue weighted by Crippen LogP contribution is 2.09. The van der Waals surface area contributed by atoms with Crippen molar-refractivity contribution < 1.29 is 13.2 Å². The summed E-state index contributed by atoms with van der Waals surface area (Å²) in [5.74, 6) is -0.336. The summed E-state index contributed by atoms with van der Waals surface area (Å²) in [6.07, 6.45) is 2.68. The zero-order valence-electron chi connectivity index (χ0n) is 8.97. The van der Waals surface area contributed by atoms with E-state index >= 15 is 0 Å². The van der Waals surface area contributed by atoms with Crippen molar-refractivity contribution in [3.05, 3.63) is 28.5 Å². The average molecular weight is 306 g/mol. The molecule has 0 N–H and O–H groups in total. The van der Waals surface area contributed by atoms with Gasteiger partial charge in [-0.05, 0) is 35.0 Å². The summed E-state index contributed by atoms with van der Waals surface area (Å²) in [5, 5.41) is -0.974. The summed E-state index contributed by atoms with van der Waals surface area (Å²) < 4.78 is 23.2. The van der Waals surface area contributed by atoms with Gasteiger partial charge in [0.1, 0.15) is 5.25 Å². The van der Waals surface area contributed by atoms with Crippen molar-refractivity contribution in [2.75, 3.05) is 6.26 Å². The molecule has 1 unspecified atom stereocenters. The van der Waals surface area contributed by atoms with Crippen molar-refractivity contribution in [3.8, 4) is 0 Å². The molecule has 88 valence electrons. The minimum Gasteiger partial charge on any atom is -0.298 e. The van der Waals surface area contributed by atoms with Crippen molar-refractivity contribution >= 4 is 31.6 Å². The van der Waals surface area contributed by atoms with E-state index in [9.17, 15) is 13.2 Å². The number of Topliss-reactive ketones (excluding diaryl/α,β-unsaturated/α-hetero) is 1. The van der Waals surface area contributed by atoms with Crippen LogP contribution in [0.4, 0.5) is 0 Å². The molecule has 0 amide bonds. The van der Waals surface area contributed by atoms with Crippen LogP contribution in [0, 0.1) is 0 Å². The molecule has 0 radical (unpaired) electrons. The molecule has 0 aromatic carbocycles. The fourth-order valence-corrected chi connectivity index (χ4v) is 1.87. The van der Waals surface area contributed by atoms with Crippen molar-refractivity contribution in [3.63, 3.8) is 0 Å². The van der Waals surface area contributed by atoms with Crippen LogP contribution >= 0.6 is 15.9 Å². The van der Waals surface area contributed by atoms with Gasteiger partial charge >= 0.3 is 0 Å². The fourth-order valence-electron chi connectivity index (χ4n) is 1.07. The lowest BCUT2D eigenvalue weighted by molar-refractivity contribution is -0.117. The number of aromatic nitrogens is 1. The maximum absolute atomic E-state index is 11.6. The van der Waals surface area contributed by atoms with Crippen LogP contribution in [0.1, 0.15) is 12.6 Å². The highest BCUT2D eigenvalue weighted by molar-refractivity contribution is 9.10. The topological polar surface area (TPSA) is 64.1 Å². The number of ketones is 1. The second kappa shape index (κ2) is 5.05. The maximum Gasteiger partial charge on any atom is 0.157 e. The smallest absolute Gasteiger partial charge is 0.157 e. The molecule has 0 aliphatic rings. The fraction of sp³-hybridized carbons (Fsp3) is 0.400. The van der Waals surface area contributed by atoms with Gasteiger partial charge in [0.2, 0.25) is 0 Å².